The van der Waals surface area contributed by atoms with Crippen molar-refractivity contribution in [3.8, 4) is 0 Å². The van der Waals surface area contributed by atoms with Crippen molar-refractivity contribution in [3.05, 3.63) is 35.0 Å². The van der Waals surface area contributed by atoms with Crippen LogP contribution >= 0.6 is 11.3 Å². The molecule has 0 aromatic carbocycles. The van der Waals surface area contributed by atoms with Crippen molar-refractivity contribution >= 4 is 23.3 Å². The molecule has 1 aromatic rings. The Kier molecular flexibility index (Phi) is 5.17. The lowest BCUT2D eigenvalue weighted by molar-refractivity contribution is 0.0922. The minimum Gasteiger partial charge on any atom is -0.348 e. The number of hydrogen-bond donors (Lipinski definition) is 2. The number of amides is 3. The highest BCUT2D eigenvalue weighted by Crippen LogP contribution is 2.13. The van der Waals surface area contributed by atoms with E-state index in [1.165, 1.54) is 11.3 Å². The Morgan fingerprint density at radius 2 is 2.20 bits per heavy atom. The zero-order valence-corrected chi connectivity index (χ0v) is 12.1. The Morgan fingerprint density at radius 1 is 1.45 bits per heavy atom. The first-order chi connectivity index (χ1) is 9.70. The summed E-state index contributed by atoms with van der Waals surface area (Å²) in [6, 6.07) is 3.77. The number of likely N-dealkylation sites (tertiary alicyclic amines) is 1. The summed E-state index contributed by atoms with van der Waals surface area (Å²) in [5.41, 5.74) is 0. The van der Waals surface area contributed by atoms with E-state index >= 15 is 0 Å². The van der Waals surface area contributed by atoms with Gasteiger partial charge in [0.15, 0.2) is 0 Å². The number of thiophene rings is 1. The second-order valence-corrected chi connectivity index (χ2v) is 5.63. The van der Waals surface area contributed by atoms with E-state index in [4.69, 9.17) is 0 Å². The number of piperidine rings is 1. The van der Waals surface area contributed by atoms with Crippen LogP contribution in [0.2, 0.25) is 0 Å². The van der Waals surface area contributed by atoms with E-state index in [-0.39, 0.29) is 18.0 Å². The number of carbonyl (C=O) groups is 2. The average molecular weight is 293 g/mol. The molecule has 20 heavy (non-hydrogen) atoms. The fourth-order valence-corrected chi connectivity index (χ4v) is 2.79. The number of urea groups is 1. The van der Waals surface area contributed by atoms with Crippen LogP contribution in [-0.2, 0) is 0 Å². The molecule has 0 aliphatic carbocycles. The molecule has 1 aromatic heterocycles. The second-order valence-electron chi connectivity index (χ2n) is 4.69. The van der Waals surface area contributed by atoms with Gasteiger partial charge in [-0.05, 0) is 24.3 Å². The lowest BCUT2D eigenvalue weighted by Gasteiger charge is -2.32. The van der Waals surface area contributed by atoms with Crippen LogP contribution in [-0.4, -0.2) is 42.5 Å². The number of hydrogen-bond acceptors (Lipinski definition) is 3. The van der Waals surface area contributed by atoms with Crippen molar-refractivity contribution in [1.82, 2.24) is 15.5 Å². The molecular formula is C14H19N3O2S. The molecule has 5 nitrogen and oxygen atoms in total. The van der Waals surface area contributed by atoms with Gasteiger partial charge >= 0.3 is 6.03 Å². The first-order valence-electron chi connectivity index (χ1n) is 6.68. The maximum Gasteiger partial charge on any atom is 0.317 e. The van der Waals surface area contributed by atoms with Crippen LogP contribution in [0.5, 0.6) is 0 Å². The lowest BCUT2D eigenvalue weighted by Crippen LogP contribution is -2.49. The van der Waals surface area contributed by atoms with Crippen LogP contribution in [0.4, 0.5) is 4.79 Å². The third-order valence-corrected chi connectivity index (χ3v) is 4.13. The fourth-order valence-electron chi connectivity index (χ4n) is 2.16. The molecule has 0 unspecified atom stereocenters. The highest BCUT2D eigenvalue weighted by atomic mass is 32.1. The van der Waals surface area contributed by atoms with Crippen LogP contribution in [0, 0.1) is 0 Å². The number of nitrogens with one attached hydrogen (secondary N) is 2. The molecule has 6 heteroatoms. The molecule has 1 fully saturated rings. The summed E-state index contributed by atoms with van der Waals surface area (Å²) in [5, 5.41) is 7.67. The highest BCUT2D eigenvalue weighted by Gasteiger charge is 2.23. The maximum atomic E-state index is 11.9. The van der Waals surface area contributed by atoms with Gasteiger partial charge in [0.05, 0.1) is 4.88 Å². The molecule has 2 N–H and O–H groups in total. The molecule has 1 saturated heterocycles. The van der Waals surface area contributed by atoms with Crippen LogP contribution in [0.1, 0.15) is 22.5 Å². The van der Waals surface area contributed by atoms with Crippen molar-refractivity contribution in [2.24, 2.45) is 0 Å². The van der Waals surface area contributed by atoms with Gasteiger partial charge in [-0.2, -0.15) is 0 Å². The van der Waals surface area contributed by atoms with Crippen LogP contribution in [0.3, 0.4) is 0 Å². The quantitative estimate of drug-likeness (QED) is 0.832. The maximum absolute atomic E-state index is 11.9. The Hall–Kier alpha value is -1.82. The number of nitrogens with zero attached hydrogens (tertiary/aromatic N) is 1. The number of carbonyl (C=O) groups excluding carboxylic acids is 2. The zero-order chi connectivity index (χ0) is 14.4. The molecule has 1 aliphatic rings. The Morgan fingerprint density at radius 3 is 2.80 bits per heavy atom. The van der Waals surface area contributed by atoms with Gasteiger partial charge in [0.25, 0.3) is 5.91 Å². The summed E-state index contributed by atoms with van der Waals surface area (Å²) in [6.07, 6.45) is 3.24. The molecule has 2 heterocycles. The second kappa shape index (κ2) is 7.09. The van der Waals surface area contributed by atoms with Gasteiger partial charge in [0.1, 0.15) is 0 Å². The molecule has 108 valence electrons. The summed E-state index contributed by atoms with van der Waals surface area (Å²) in [7, 11) is 0. The van der Waals surface area contributed by atoms with E-state index in [2.05, 4.69) is 17.2 Å². The third kappa shape index (κ3) is 3.84. The molecule has 0 bridgehead atoms. The summed E-state index contributed by atoms with van der Waals surface area (Å²) in [6.45, 7) is 5.38. The first kappa shape index (κ1) is 14.6. The average Bonchev–Trinajstić information content (AvgIpc) is 3.00. The molecule has 0 atom stereocenters. The van der Waals surface area contributed by atoms with E-state index < -0.39 is 0 Å². The summed E-state index contributed by atoms with van der Waals surface area (Å²) in [5.74, 6) is -0.0189. The molecule has 0 saturated carbocycles. The van der Waals surface area contributed by atoms with Gasteiger partial charge in [-0.3, -0.25) is 4.79 Å². The lowest BCUT2D eigenvalue weighted by atomic mass is 10.1. The normalized spacial score (nSPS) is 15.7. The minimum absolute atomic E-state index is 0.0189. The predicted octanol–water partition coefficient (Wildman–Crippen LogP) is 1.84. The van der Waals surface area contributed by atoms with E-state index in [0.717, 1.165) is 17.7 Å². The highest BCUT2D eigenvalue weighted by molar-refractivity contribution is 7.12. The van der Waals surface area contributed by atoms with Crippen LogP contribution < -0.4 is 10.6 Å². The zero-order valence-electron chi connectivity index (χ0n) is 11.3. The molecule has 1 aliphatic heterocycles. The smallest absolute Gasteiger partial charge is 0.317 e. The van der Waals surface area contributed by atoms with Crippen LogP contribution in [0.25, 0.3) is 0 Å². The van der Waals surface area contributed by atoms with Crippen molar-refractivity contribution in [3.63, 3.8) is 0 Å². The van der Waals surface area contributed by atoms with Gasteiger partial charge < -0.3 is 15.5 Å². The van der Waals surface area contributed by atoms with Gasteiger partial charge in [0, 0.05) is 25.7 Å². The summed E-state index contributed by atoms with van der Waals surface area (Å²) in [4.78, 5) is 26.2. The Labute approximate surface area is 122 Å². The van der Waals surface area contributed by atoms with Crippen molar-refractivity contribution in [1.29, 1.82) is 0 Å². The van der Waals surface area contributed by atoms with E-state index in [0.29, 0.717) is 19.6 Å². The van der Waals surface area contributed by atoms with Gasteiger partial charge in [0.2, 0.25) is 0 Å². The van der Waals surface area contributed by atoms with Gasteiger partial charge in [-0.1, -0.05) is 12.1 Å². The fraction of sp³-hybridized carbons (Fsp3) is 0.429. The van der Waals surface area contributed by atoms with Crippen molar-refractivity contribution in [2.45, 2.75) is 18.9 Å². The third-order valence-electron chi connectivity index (χ3n) is 3.26. The van der Waals surface area contributed by atoms with E-state index in [1.807, 2.05) is 17.5 Å². The SMILES string of the molecule is C=CCNC(=O)N1CCC(NC(=O)c2cccs2)CC1. The topological polar surface area (TPSA) is 61.4 Å². The molecule has 0 radical (unpaired) electrons. The Balaban J connectivity index is 1.75. The minimum atomic E-state index is -0.0621. The number of rotatable bonds is 4. The molecule has 3 amide bonds. The molecule has 2 rings (SSSR count). The summed E-state index contributed by atoms with van der Waals surface area (Å²) >= 11 is 1.44. The van der Waals surface area contributed by atoms with Gasteiger partial charge in [-0.15, -0.1) is 17.9 Å². The largest absolute Gasteiger partial charge is 0.348 e. The van der Waals surface area contributed by atoms with Crippen molar-refractivity contribution < 1.29 is 9.59 Å². The predicted molar refractivity (Wildman–Crippen MR) is 80.0 cm³/mol. The standard InChI is InChI=1S/C14H19N3O2S/c1-2-7-15-14(19)17-8-5-11(6-9-17)16-13(18)12-4-3-10-20-12/h2-4,10-11H,1,5-9H2,(H,15,19)(H,16,18). The van der Waals surface area contributed by atoms with Gasteiger partial charge in [-0.25, -0.2) is 4.79 Å². The molecule has 0 spiro atoms. The Bertz CT molecular complexity index is 465. The van der Waals surface area contributed by atoms with E-state index in [1.54, 1.807) is 11.0 Å². The van der Waals surface area contributed by atoms with Crippen molar-refractivity contribution in [2.75, 3.05) is 19.6 Å². The van der Waals surface area contributed by atoms with Crippen LogP contribution in [0.15, 0.2) is 30.2 Å². The molecular weight excluding hydrogens is 274 g/mol. The first-order valence-corrected chi connectivity index (χ1v) is 7.56. The van der Waals surface area contributed by atoms with E-state index in [9.17, 15) is 9.59 Å². The monoisotopic (exact) mass is 293 g/mol. The summed E-state index contributed by atoms with van der Waals surface area (Å²) < 4.78 is 0.